The second kappa shape index (κ2) is 12.7. The first-order valence-electron chi connectivity index (χ1n) is 12.5. The average molecular weight is 621 g/mol. The van der Waals surface area contributed by atoms with Crippen LogP contribution < -0.4 is 28.5 Å². The van der Waals surface area contributed by atoms with E-state index in [1.54, 1.807) is 32.2 Å². The Labute approximate surface area is 236 Å². The molecule has 2 N–H and O–H groups in total. The van der Waals surface area contributed by atoms with Crippen LogP contribution in [0.15, 0.2) is 53.6 Å². The van der Waals surface area contributed by atoms with Gasteiger partial charge in [0.1, 0.15) is 0 Å². The predicted molar refractivity (Wildman–Crippen MR) is 156 cm³/mol. The molecule has 0 bridgehead atoms. The van der Waals surface area contributed by atoms with E-state index in [1.807, 2.05) is 31.2 Å². The molecule has 1 aliphatic heterocycles. The van der Waals surface area contributed by atoms with Gasteiger partial charge in [-0.05, 0) is 7.05 Å². The molecule has 1 unspecified atom stereocenters. The summed E-state index contributed by atoms with van der Waals surface area (Å²) in [5.74, 6) is 1.10. The van der Waals surface area contributed by atoms with Crippen LogP contribution in [-0.4, -0.2) is 84.9 Å². The van der Waals surface area contributed by atoms with E-state index >= 15 is 0 Å². The van der Waals surface area contributed by atoms with Crippen molar-refractivity contribution >= 4 is 63.5 Å². The van der Waals surface area contributed by atoms with E-state index in [-0.39, 0.29) is 10.9 Å². The van der Waals surface area contributed by atoms with Gasteiger partial charge in [0.2, 0.25) is 0 Å². The Kier molecular flexibility index (Phi) is 9.54. The van der Waals surface area contributed by atoms with Crippen LogP contribution in [-0.2, 0) is 10.0 Å². The number of sulfonamides is 1. The SMILES string of the molecule is CCOc1cc(N2CCN(C)CC2)ccc1Nc1ncc(Cl)c([AsH]c2ccccc2S(=O)(=O)NC(C)C)n1. The molecule has 38 heavy (non-hydrogen) atoms. The van der Waals surface area contributed by atoms with E-state index in [9.17, 15) is 8.42 Å². The first-order chi connectivity index (χ1) is 18.2. The first kappa shape index (κ1) is 28.6. The van der Waals surface area contributed by atoms with Crippen molar-refractivity contribution in [1.29, 1.82) is 0 Å². The topological polar surface area (TPSA) is 99.7 Å². The van der Waals surface area contributed by atoms with Crippen molar-refractivity contribution in [2.45, 2.75) is 31.7 Å². The molecule has 3 aromatic rings. The molecule has 0 amide bonds. The van der Waals surface area contributed by atoms with Crippen LogP contribution in [0.5, 0.6) is 5.75 Å². The number of piperazine rings is 1. The number of hydrogen-bond donors (Lipinski definition) is 2. The van der Waals surface area contributed by atoms with Crippen molar-refractivity contribution in [1.82, 2.24) is 19.6 Å². The Balaban J connectivity index is 1.58. The molecule has 2 aromatic carbocycles. The standard InChI is InChI=1S/C26H34AsClN6O3S/c1-5-37-23-16-19(34-14-12-33(4)13-15-34)10-11-22(23)30-26-29-17-21(28)25(31-26)27-20-8-6-7-9-24(20)38(35,36)32-18(2)3/h6-11,16-18,27,32H,5,12-15H2,1-4H3,(H,29,30,31). The Morgan fingerprint density at radius 1 is 1.13 bits per heavy atom. The Morgan fingerprint density at radius 2 is 1.87 bits per heavy atom. The number of nitrogens with zero attached hydrogens (tertiary/aromatic N) is 4. The van der Waals surface area contributed by atoms with Crippen LogP contribution >= 0.6 is 11.6 Å². The summed E-state index contributed by atoms with van der Waals surface area (Å²) >= 11 is 5.29. The van der Waals surface area contributed by atoms with E-state index in [0.717, 1.165) is 47.7 Å². The fourth-order valence-corrected chi connectivity index (χ4v) is 8.97. The molecule has 1 atom stereocenters. The number of nitrogens with one attached hydrogen (secondary N) is 2. The molecule has 204 valence electrons. The van der Waals surface area contributed by atoms with Gasteiger partial charge >= 0.3 is 230 Å². The van der Waals surface area contributed by atoms with Crippen molar-refractivity contribution in [3.63, 3.8) is 0 Å². The maximum atomic E-state index is 12.9. The second-order valence-corrected chi connectivity index (χ2v) is 14.1. The molecular weight excluding hydrogens is 587 g/mol. The van der Waals surface area contributed by atoms with Crippen LogP contribution in [0.4, 0.5) is 17.3 Å². The zero-order valence-corrected chi connectivity index (χ0v) is 25.7. The van der Waals surface area contributed by atoms with Gasteiger partial charge in [-0.2, -0.15) is 0 Å². The van der Waals surface area contributed by atoms with Gasteiger partial charge in [0.25, 0.3) is 0 Å². The summed E-state index contributed by atoms with van der Waals surface area (Å²) in [4.78, 5) is 14.0. The Bertz CT molecular complexity index is 1370. The van der Waals surface area contributed by atoms with Gasteiger partial charge < -0.3 is 0 Å². The molecule has 1 saturated heterocycles. The number of rotatable bonds is 10. The van der Waals surface area contributed by atoms with Crippen LogP contribution in [0.3, 0.4) is 0 Å². The quantitative estimate of drug-likeness (QED) is 0.333. The minimum atomic E-state index is -3.65. The summed E-state index contributed by atoms with van der Waals surface area (Å²) in [6, 6.07) is 12.9. The molecule has 1 aliphatic rings. The molecule has 1 fully saturated rings. The van der Waals surface area contributed by atoms with Crippen molar-refractivity contribution in [2.24, 2.45) is 0 Å². The number of likely N-dealkylation sites (N-methyl/N-ethyl adjacent to an activating group) is 1. The molecule has 2 heterocycles. The molecule has 4 rings (SSSR count). The number of hydrogen-bond acceptors (Lipinski definition) is 8. The number of ether oxygens (including phenoxy) is 1. The van der Waals surface area contributed by atoms with Crippen LogP contribution in [0.1, 0.15) is 20.8 Å². The van der Waals surface area contributed by atoms with Crippen molar-refractivity contribution in [3.8, 4) is 5.75 Å². The summed E-state index contributed by atoms with van der Waals surface area (Å²) in [7, 11) is -1.52. The van der Waals surface area contributed by atoms with E-state index in [4.69, 9.17) is 16.3 Å². The zero-order valence-electron chi connectivity index (χ0n) is 22.0. The summed E-state index contributed by atoms with van der Waals surface area (Å²) in [6.45, 7) is 10.0. The Morgan fingerprint density at radius 3 is 2.58 bits per heavy atom. The average Bonchev–Trinajstić information content (AvgIpc) is 2.87. The van der Waals surface area contributed by atoms with Gasteiger partial charge in [0, 0.05) is 0 Å². The summed E-state index contributed by atoms with van der Waals surface area (Å²) in [6.07, 6.45) is 1.55. The summed E-state index contributed by atoms with van der Waals surface area (Å²) in [5, 5.41) is 3.69. The predicted octanol–water partition coefficient (Wildman–Crippen LogP) is 2.10. The van der Waals surface area contributed by atoms with Gasteiger partial charge in [0.05, 0.1) is 0 Å². The Hall–Kier alpha value is -2.36. The van der Waals surface area contributed by atoms with Crippen LogP contribution in [0, 0.1) is 0 Å². The number of benzene rings is 2. The van der Waals surface area contributed by atoms with Gasteiger partial charge in [-0.1, -0.05) is 0 Å². The molecule has 0 aliphatic carbocycles. The summed E-state index contributed by atoms with van der Waals surface area (Å²) in [5.41, 5.74) is 1.87. The summed E-state index contributed by atoms with van der Waals surface area (Å²) < 4.78 is 35.8. The zero-order chi connectivity index (χ0) is 27.3. The van der Waals surface area contributed by atoms with Crippen molar-refractivity contribution < 1.29 is 13.2 Å². The normalized spacial score (nSPS) is 14.9. The maximum absolute atomic E-state index is 12.9. The van der Waals surface area contributed by atoms with E-state index < -0.39 is 25.8 Å². The fourth-order valence-electron chi connectivity index (χ4n) is 4.09. The third kappa shape index (κ3) is 7.18. The fraction of sp³-hybridized carbons (Fsp3) is 0.385. The molecule has 9 nitrogen and oxygen atoms in total. The molecule has 1 aromatic heterocycles. The monoisotopic (exact) mass is 620 g/mol. The van der Waals surface area contributed by atoms with E-state index in [2.05, 4.69) is 42.9 Å². The molecule has 0 saturated carbocycles. The minimum absolute atomic E-state index is 0.214. The molecular formula is C26H34AsClN6O3S. The van der Waals surface area contributed by atoms with Crippen LogP contribution in [0.25, 0.3) is 0 Å². The van der Waals surface area contributed by atoms with Gasteiger partial charge in [-0.25, -0.2) is 0 Å². The van der Waals surface area contributed by atoms with Crippen LogP contribution in [0.2, 0.25) is 5.02 Å². The molecule has 12 heteroatoms. The van der Waals surface area contributed by atoms with Crippen molar-refractivity contribution in [2.75, 3.05) is 50.1 Å². The van der Waals surface area contributed by atoms with Gasteiger partial charge in [0.15, 0.2) is 0 Å². The first-order valence-corrected chi connectivity index (χ1v) is 16.5. The second-order valence-electron chi connectivity index (χ2n) is 9.32. The number of anilines is 3. The van der Waals surface area contributed by atoms with Gasteiger partial charge in [-0.15, -0.1) is 0 Å². The molecule has 0 radical (unpaired) electrons. The van der Waals surface area contributed by atoms with E-state index in [1.165, 1.54) is 0 Å². The number of halogens is 1. The third-order valence-electron chi connectivity index (χ3n) is 5.94. The molecule has 0 spiro atoms. The van der Waals surface area contributed by atoms with E-state index in [0.29, 0.717) is 22.1 Å². The number of aromatic nitrogens is 2. The van der Waals surface area contributed by atoms with Gasteiger partial charge in [-0.3, -0.25) is 0 Å². The van der Waals surface area contributed by atoms with Crippen molar-refractivity contribution in [3.05, 3.63) is 53.7 Å². The third-order valence-corrected chi connectivity index (χ3v) is 11.4.